The number of rotatable bonds is 4. The normalized spacial score (nSPS) is 24.8. The highest BCUT2D eigenvalue weighted by Gasteiger charge is 2.59. The highest BCUT2D eigenvalue weighted by atomic mass is 79.9. The number of nitrogens with one attached hydrogen (secondary N) is 1. The molecule has 0 aliphatic carbocycles. The maximum atomic E-state index is 13.1. The second-order valence-corrected chi connectivity index (χ2v) is 8.64. The van der Waals surface area contributed by atoms with Gasteiger partial charge in [-0.05, 0) is 56.4 Å². The lowest BCUT2D eigenvalue weighted by Crippen LogP contribution is -2.71. The third-order valence-corrected chi connectivity index (χ3v) is 6.14. The van der Waals surface area contributed by atoms with Gasteiger partial charge in [-0.3, -0.25) is 9.69 Å². The van der Waals surface area contributed by atoms with Gasteiger partial charge in [-0.25, -0.2) is 0 Å². The van der Waals surface area contributed by atoms with Gasteiger partial charge in [-0.2, -0.15) is 0 Å². The van der Waals surface area contributed by atoms with Crippen molar-refractivity contribution >= 4 is 44.9 Å². The summed E-state index contributed by atoms with van der Waals surface area (Å²) in [4.78, 5) is 15.0. The molecule has 1 fully saturated rings. The Kier molecular flexibility index (Phi) is 5.12. The minimum absolute atomic E-state index is 0.137. The molecule has 7 heteroatoms. The number of carbonyl (C=O) groups is 1. The average Bonchev–Trinajstić information content (AvgIpc) is 2.68. The summed E-state index contributed by atoms with van der Waals surface area (Å²) in [7, 11) is 0. The van der Waals surface area contributed by atoms with Crippen LogP contribution in [0.2, 0.25) is 0 Å². The molecular formula is C22H21BrN2O3S. The molecular weight excluding hydrogens is 452 g/mol. The minimum atomic E-state index is -1.05. The van der Waals surface area contributed by atoms with Crippen molar-refractivity contribution in [3.05, 3.63) is 70.7 Å². The summed E-state index contributed by atoms with van der Waals surface area (Å²) in [6.07, 6.45) is 1.56. The van der Waals surface area contributed by atoms with Crippen LogP contribution in [-0.4, -0.2) is 23.4 Å². The molecule has 5 nitrogen and oxygen atoms in total. The van der Waals surface area contributed by atoms with Crippen molar-refractivity contribution in [1.82, 2.24) is 5.32 Å². The minimum Gasteiger partial charge on any atom is -0.466 e. The van der Waals surface area contributed by atoms with Crippen molar-refractivity contribution in [2.75, 3.05) is 11.5 Å². The van der Waals surface area contributed by atoms with Gasteiger partial charge in [-0.15, -0.1) is 0 Å². The molecule has 2 aliphatic rings. The predicted molar refractivity (Wildman–Crippen MR) is 120 cm³/mol. The molecule has 1 N–H and O–H groups in total. The van der Waals surface area contributed by atoms with Gasteiger partial charge in [0.2, 0.25) is 5.72 Å². The molecule has 0 aromatic heterocycles. The van der Waals surface area contributed by atoms with E-state index in [0.717, 1.165) is 21.3 Å². The molecule has 2 bridgehead atoms. The Morgan fingerprint density at radius 2 is 2.10 bits per heavy atom. The van der Waals surface area contributed by atoms with Crippen LogP contribution < -0.4 is 15.0 Å². The van der Waals surface area contributed by atoms with Crippen LogP contribution in [0.5, 0.6) is 5.75 Å². The van der Waals surface area contributed by atoms with Crippen LogP contribution >= 0.6 is 28.1 Å². The van der Waals surface area contributed by atoms with E-state index in [2.05, 4.69) is 27.8 Å². The third kappa shape index (κ3) is 3.32. The van der Waals surface area contributed by atoms with E-state index in [1.54, 1.807) is 6.08 Å². The van der Waals surface area contributed by atoms with Crippen LogP contribution in [0, 0.1) is 12.8 Å². The first-order valence-electron chi connectivity index (χ1n) is 9.28. The summed E-state index contributed by atoms with van der Waals surface area (Å²) in [5.74, 6) is -0.298. The summed E-state index contributed by atoms with van der Waals surface area (Å²) >= 11 is 9.22. The Hall–Kier alpha value is -2.38. The molecule has 0 spiro atoms. The van der Waals surface area contributed by atoms with Crippen molar-refractivity contribution in [3.8, 4) is 5.75 Å². The molecule has 2 aromatic carbocycles. The number of halogens is 1. The molecule has 2 aromatic rings. The number of nitrogens with zero attached hydrogens (tertiary/aromatic N) is 1. The molecule has 1 saturated heterocycles. The lowest BCUT2D eigenvalue weighted by Gasteiger charge is -2.55. The number of hydrogen-bond acceptors (Lipinski definition) is 4. The zero-order chi connectivity index (χ0) is 20.8. The topological polar surface area (TPSA) is 50.8 Å². The van der Waals surface area contributed by atoms with Gasteiger partial charge >= 0.3 is 5.97 Å². The lowest BCUT2D eigenvalue weighted by atomic mass is 9.79. The largest absolute Gasteiger partial charge is 0.466 e. The molecule has 150 valence electrons. The molecule has 0 saturated carbocycles. The van der Waals surface area contributed by atoms with Gasteiger partial charge in [-0.1, -0.05) is 46.3 Å². The van der Waals surface area contributed by atoms with Gasteiger partial charge in [0.15, 0.2) is 5.11 Å². The Morgan fingerprint density at radius 1 is 1.38 bits per heavy atom. The Morgan fingerprint density at radius 3 is 2.79 bits per heavy atom. The van der Waals surface area contributed by atoms with Crippen molar-refractivity contribution in [3.63, 3.8) is 0 Å². The van der Waals surface area contributed by atoms with Gasteiger partial charge in [0.25, 0.3) is 0 Å². The second kappa shape index (κ2) is 7.46. The number of esters is 1. The molecule has 0 amide bonds. The number of aryl methyl sites for hydroxylation is 1. The summed E-state index contributed by atoms with van der Waals surface area (Å²) < 4.78 is 12.8. The summed E-state index contributed by atoms with van der Waals surface area (Å²) in [5.41, 5.74) is 1.79. The van der Waals surface area contributed by atoms with Crippen molar-refractivity contribution in [2.24, 2.45) is 5.92 Å². The molecule has 2 heterocycles. The number of benzene rings is 2. The van der Waals surface area contributed by atoms with Crippen molar-refractivity contribution in [1.29, 1.82) is 0 Å². The van der Waals surface area contributed by atoms with E-state index in [1.807, 2.05) is 61.2 Å². The average molecular weight is 473 g/mol. The van der Waals surface area contributed by atoms with Gasteiger partial charge in [0.1, 0.15) is 18.3 Å². The van der Waals surface area contributed by atoms with E-state index in [-0.39, 0.29) is 18.6 Å². The van der Waals surface area contributed by atoms with Crippen LogP contribution in [0.25, 0.3) is 0 Å². The maximum Gasteiger partial charge on any atom is 0.317 e. The monoisotopic (exact) mass is 472 g/mol. The van der Waals surface area contributed by atoms with E-state index in [4.69, 9.17) is 21.7 Å². The standard InChI is InChI=1S/C22H21BrN2O3S/c1-4-11-27-20(26)18-19-16-12-14(23)7-10-17(16)28-22(18,3)25(21(29)24-19)15-8-5-13(2)6-9-15/h4-10,12,18-19H,1,11H2,2-3H3,(H,24,29)/t18-,19-,22+/m0/s1. The van der Waals surface area contributed by atoms with E-state index in [1.165, 1.54) is 0 Å². The number of carbonyl (C=O) groups excluding carboxylic acids is 1. The van der Waals surface area contributed by atoms with Crippen LogP contribution in [0.3, 0.4) is 0 Å². The van der Waals surface area contributed by atoms with Gasteiger partial charge < -0.3 is 14.8 Å². The fraction of sp³-hybridized carbons (Fsp3) is 0.273. The zero-order valence-corrected chi connectivity index (χ0v) is 18.5. The van der Waals surface area contributed by atoms with E-state index >= 15 is 0 Å². The van der Waals surface area contributed by atoms with Crippen molar-refractivity contribution in [2.45, 2.75) is 25.6 Å². The number of hydrogen-bond donors (Lipinski definition) is 1. The molecule has 0 unspecified atom stereocenters. The van der Waals surface area contributed by atoms with Crippen LogP contribution in [0.1, 0.15) is 24.1 Å². The molecule has 3 atom stereocenters. The third-order valence-electron chi connectivity index (χ3n) is 5.35. The summed E-state index contributed by atoms with van der Waals surface area (Å²) in [6.45, 7) is 7.68. The maximum absolute atomic E-state index is 13.1. The summed E-state index contributed by atoms with van der Waals surface area (Å²) in [5, 5.41) is 3.86. The number of anilines is 1. The highest BCUT2D eigenvalue weighted by Crippen LogP contribution is 2.50. The first-order chi connectivity index (χ1) is 13.8. The molecule has 0 radical (unpaired) electrons. The molecule has 2 aliphatic heterocycles. The van der Waals surface area contributed by atoms with E-state index < -0.39 is 11.6 Å². The zero-order valence-electron chi connectivity index (χ0n) is 16.1. The number of fused-ring (bicyclic) bond motifs is 4. The number of ether oxygens (including phenoxy) is 2. The predicted octanol–water partition coefficient (Wildman–Crippen LogP) is 4.65. The Bertz CT molecular complexity index is 994. The van der Waals surface area contributed by atoms with E-state index in [0.29, 0.717) is 10.9 Å². The second-order valence-electron chi connectivity index (χ2n) is 7.33. The van der Waals surface area contributed by atoms with Gasteiger partial charge in [0.05, 0.1) is 6.04 Å². The first-order valence-corrected chi connectivity index (χ1v) is 10.5. The van der Waals surface area contributed by atoms with Gasteiger partial charge in [0, 0.05) is 15.7 Å². The van der Waals surface area contributed by atoms with Crippen LogP contribution in [0.15, 0.2) is 59.6 Å². The first kappa shape index (κ1) is 19.9. The molecule has 29 heavy (non-hydrogen) atoms. The Labute approximate surface area is 183 Å². The van der Waals surface area contributed by atoms with Crippen LogP contribution in [-0.2, 0) is 9.53 Å². The van der Waals surface area contributed by atoms with E-state index in [9.17, 15) is 4.79 Å². The lowest BCUT2D eigenvalue weighted by molar-refractivity contribution is -0.159. The molecule has 4 rings (SSSR count). The van der Waals surface area contributed by atoms with Crippen LogP contribution in [0.4, 0.5) is 5.69 Å². The number of thiocarbonyl (C=S) groups is 1. The summed E-state index contributed by atoms with van der Waals surface area (Å²) in [6, 6.07) is 13.4. The highest BCUT2D eigenvalue weighted by molar-refractivity contribution is 9.10. The Balaban J connectivity index is 1.86. The SMILES string of the molecule is C=CCOC(=O)[C@@H]1[C@H]2NC(=S)N(c3ccc(C)cc3)[C@]1(C)Oc1ccc(Br)cc12. The van der Waals surface area contributed by atoms with Crippen molar-refractivity contribution < 1.29 is 14.3 Å². The quantitative estimate of drug-likeness (QED) is 0.397. The fourth-order valence-corrected chi connectivity index (χ4v) is 4.82. The fourth-order valence-electron chi connectivity index (χ4n) is 4.03. The smallest absolute Gasteiger partial charge is 0.317 e.